The van der Waals surface area contributed by atoms with Crippen LogP contribution < -0.4 is 14.8 Å². The molecule has 0 bridgehead atoms. The summed E-state index contributed by atoms with van der Waals surface area (Å²) >= 11 is 0. The second-order valence-electron chi connectivity index (χ2n) is 5.70. The van der Waals surface area contributed by atoms with Gasteiger partial charge in [0.05, 0.1) is 26.1 Å². The highest BCUT2D eigenvalue weighted by Gasteiger charge is 2.12. The maximum absolute atomic E-state index is 12.5. The van der Waals surface area contributed by atoms with E-state index in [9.17, 15) is 4.79 Å². The summed E-state index contributed by atoms with van der Waals surface area (Å²) in [5, 5.41) is 7.09. The number of ether oxygens (including phenoxy) is 2. The van der Waals surface area contributed by atoms with Gasteiger partial charge in [-0.3, -0.25) is 14.5 Å². The quantitative estimate of drug-likeness (QED) is 0.737. The standard InChI is InChI=1S/C19H20N4O3/c1-23-12-15(11-22-23)18-13(5-4-6-20-18)10-21-19(24)14-7-16(25-2)9-17(8-14)26-3/h4-9,11-12H,10H2,1-3H3,(H,21,24). The number of pyridine rings is 1. The van der Waals surface area contributed by atoms with Crippen LogP contribution >= 0.6 is 0 Å². The Morgan fingerprint density at radius 3 is 2.54 bits per heavy atom. The molecule has 0 aliphatic heterocycles. The van der Waals surface area contributed by atoms with Gasteiger partial charge in [-0.1, -0.05) is 6.07 Å². The summed E-state index contributed by atoms with van der Waals surface area (Å²) in [6.07, 6.45) is 5.36. The Hall–Kier alpha value is -3.35. The fourth-order valence-electron chi connectivity index (χ4n) is 2.60. The van der Waals surface area contributed by atoms with Gasteiger partial charge < -0.3 is 14.8 Å². The van der Waals surface area contributed by atoms with Crippen LogP contribution in [-0.4, -0.2) is 34.9 Å². The van der Waals surface area contributed by atoms with E-state index in [1.165, 1.54) is 0 Å². The van der Waals surface area contributed by atoms with Crippen LogP contribution in [0.5, 0.6) is 11.5 Å². The van der Waals surface area contributed by atoms with Gasteiger partial charge in [0.15, 0.2) is 0 Å². The molecule has 2 heterocycles. The number of nitrogens with zero attached hydrogens (tertiary/aromatic N) is 3. The van der Waals surface area contributed by atoms with Crippen molar-refractivity contribution < 1.29 is 14.3 Å². The molecule has 2 aromatic heterocycles. The number of aromatic nitrogens is 3. The van der Waals surface area contributed by atoms with Crippen LogP contribution in [0.25, 0.3) is 11.3 Å². The summed E-state index contributed by atoms with van der Waals surface area (Å²) < 4.78 is 12.1. The lowest BCUT2D eigenvalue weighted by Gasteiger charge is -2.11. The van der Waals surface area contributed by atoms with Crippen LogP contribution in [0, 0.1) is 0 Å². The molecule has 0 radical (unpaired) electrons. The molecule has 3 aromatic rings. The summed E-state index contributed by atoms with van der Waals surface area (Å²) in [7, 11) is 4.95. The monoisotopic (exact) mass is 352 g/mol. The van der Waals surface area contributed by atoms with Crippen LogP contribution in [0.3, 0.4) is 0 Å². The molecule has 0 aliphatic rings. The minimum Gasteiger partial charge on any atom is -0.497 e. The molecule has 0 fully saturated rings. The summed E-state index contributed by atoms with van der Waals surface area (Å²) in [6.45, 7) is 0.344. The normalized spacial score (nSPS) is 10.4. The van der Waals surface area contributed by atoms with E-state index in [2.05, 4.69) is 15.4 Å². The number of carbonyl (C=O) groups is 1. The number of aryl methyl sites for hydroxylation is 1. The molecule has 0 unspecified atom stereocenters. The van der Waals surface area contributed by atoms with Gasteiger partial charge in [-0.15, -0.1) is 0 Å². The Kier molecular flexibility index (Phi) is 5.17. The van der Waals surface area contributed by atoms with Gasteiger partial charge in [-0.25, -0.2) is 0 Å². The van der Waals surface area contributed by atoms with E-state index in [0.717, 1.165) is 16.8 Å². The maximum atomic E-state index is 12.5. The zero-order valence-electron chi connectivity index (χ0n) is 14.9. The number of hydrogen-bond donors (Lipinski definition) is 1. The lowest BCUT2D eigenvalue weighted by molar-refractivity contribution is 0.0950. The Morgan fingerprint density at radius 2 is 1.92 bits per heavy atom. The van der Waals surface area contributed by atoms with Crippen molar-refractivity contribution in [2.24, 2.45) is 7.05 Å². The van der Waals surface area contributed by atoms with Gasteiger partial charge in [0.25, 0.3) is 5.91 Å². The van der Waals surface area contributed by atoms with Crippen molar-refractivity contribution in [1.29, 1.82) is 0 Å². The molecule has 7 nitrogen and oxygen atoms in total. The topological polar surface area (TPSA) is 78.3 Å². The highest BCUT2D eigenvalue weighted by atomic mass is 16.5. The zero-order chi connectivity index (χ0) is 18.5. The minimum absolute atomic E-state index is 0.219. The number of carbonyl (C=O) groups excluding carboxylic acids is 1. The summed E-state index contributed by atoms with van der Waals surface area (Å²) in [5.74, 6) is 0.905. The Morgan fingerprint density at radius 1 is 1.19 bits per heavy atom. The number of methoxy groups -OCH3 is 2. The number of hydrogen-bond acceptors (Lipinski definition) is 5. The van der Waals surface area contributed by atoms with E-state index in [4.69, 9.17) is 9.47 Å². The molecule has 0 saturated carbocycles. The predicted molar refractivity (Wildman–Crippen MR) is 97.2 cm³/mol. The van der Waals surface area contributed by atoms with Gasteiger partial charge in [-0.2, -0.15) is 5.10 Å². The van der Waals surface area contributed by atoms with E-state index in [1.807, 2.05) is 25.4 Å². The average molecular weight is 352 g/mol. The first-order valence-corrected chi connectivity index (χ1v) is 8.05. The third-order valence-electron chi connectivity index (χ3n) is 3.92. The average Bonchev–Trinajstić information content (AvgIpc) is 3.12. The van der Waals surface area contributed by atoms with Gasteiger partial charge in [0, 0.05) is 43.2 Å². The number of nitrogens with one attached hydrogen (secondary N) is 1. The number of rotatable bonds is 6. The van der Waals surface area contributed by atoms with Crippen LogP contribution in [0.2, 0.25) is 0 Å². The third kappa shape index (κ3) is 3.83. The highest BCUT2D eigenvalue weighted by Crippen LogP contribution is 2.23. The van der Waals surface area contributed by atoms with Crippen molar-refractivity contribution >= 4 is 5.91 Å². The van der Waals surface area contributed by atoms with Gasteiger partial charge >= 0.3 is 0 Å². The lowest BCUT2D eigenvalue weighted by Crippen LogP contribution is -2.23. The van der Waals surface area contributed by atoms with E-state index < -0.39 is 0 Å². The van der Waals surface area contributed by atoms with Crippen molar-refractivity contribution in [2.45, 2.75) is 6.54 Å². The summed E-state index contributed by atoms with van der Waals surface area (Å²) in [5.41, 5.74) is 3.07. The van der Waals surface area contributed by atoms with Crippen molar-refractivity contribution in [3.63, 3.8) is 0 Å². The molecule has 0 atom stereocenters. The van der Waals surface area contributed by atoms with Crippen LogP contribution in [0.4, 0.5) is 0 Å². The maximum Gasteiger partial charge on any atom is 0.251 e. The molecule has 3 rings (SSSR count). The Bertz CT molecular complexity index is 898. The van der Waals surface area contributed by atoms with Gasteiger partial charge in [0.1, 0.15) is 11.5 Å². The molecule has 0 saturated heterocycles. The van der Waals surface area contributed by atoms with Gasteiger partial charge in [0.2, 0.25) is 0 Å². The van der Waals surface area contributed by atoms with Crippen molar-refractivity contribution in [3.8, 4) is 22.8 Å². The van der Waals surface area contributed by atoms with Crippen molar-refractivity contribution in [2.75, 3.05) is 14.2 Å². The SMILES string of the molecule is COc1cc(OC)cc(C(=O)NCc2cccnc2-c2cnn(C)c2)c1. The molecule has 26 heavy (non-hydrogen) atoms. The highest BCUT2D eigenvalue weighted by molar-refractivity contribution is 5.95. The number of benzene rings is 1. The fraction of sp³-hybridized carbons (Fsp3) is 0.211. The molecule has 7 heteroatoms. The molecule has 1 amide bonds. The Balaban J connectivity index is 1.79. The second kappa shape index (κ2) is 7.69. The zero-order valence-corrected chi connectivity index (χ0v) is 14.9. The molecular formula is C19H20N4O3. The first-order chi connectivity index (χ1) is 12.6. The van der Waals surface area contributed by atoms with Crippen LogP contribution in [-0.2, 0) is 13.6 Å². The molecule has 134 valence electrons. The first kappa shape index (κ1) is 17.5. The van der Waals surface area contributed by atoms with Crippen molar-refractivity contribution in [3.05, 3.63) is 60.0 Å². The predicted octanol–water partition coefficient (Wildman–Crippen LogP) is 2.43. The fourth-order valence-corrected chi connectivity index (χ4v) is 2.60. The van der Waals surface area contributed by atoms with Crippen LogP contribution in [0.15, 0.2) is 48.9 Å². The minimum atomic E-state index is -0.219. The summed E-state index contributed by atoms with van der Waals surface area (Å²) in [6, 6.07) is 8.84. The van der Waals surface area contributed by atoms with E-state index in [-0.39, 0.29) is 5.91 Å². The number of amides is 1. The first-order valence-electron chi connectivity index (χ1n) is 8.05. The Labute approximate surface area is 151 Å². The van der Waals surface area contributed by atoms with Crippen LogP contribution in [0.1, 0.15) is 15.9 Å². The van der Waals surface area contributed by atoms with E-state index in [0.29, 0.717) is 23.6 Å². The van der Waals surface area contributed by atoms with Crippen molar-refractivity contribution in [1.82, 2.24) is 20.1 Å². The lowest BCUT2D eigenvalue weighted by atomic mass is 10.1. The molecule has 1 aromatic carbocycles. The molecule has 0 aliphatic carbocycles. The van der Waals surface area contributed by atoms with Gasteiger partial charge in [-0.05, 0) is 23.8 Å². The second-order valence-corrected chi connectivity index (χ2v) is 5.70. The van der Waals surface area contributed by atoms with E-state index >= 15 is 0 Å². The largest absolute Gasteiger partial charge is 0.497 e. The van der Waals surface area contributed by atoms with E-state index in [1.54, 1.807) is 49.5 Å². The molecule has 0 spiro atoms. The third-order valence-corrected chi connectivity index (χ3v) is 3.92. The molecular weight excluding hydrogens is 332 g/mol. The summed E-state index contributed by atoms with van der Waals surface area (Å²) in [4.78, 5) is 17.0. The smallest absolute Gasteiger partial charge is 0.251 e. The molecule has 1 N–H and O–H groups in total.